The van der Waals surface area contributed by atoms with Gasteiger partial charge in [-0.05, 0) is 24.3 Å². The fraction of sp³-hybridized carbons (Fsp3) is 0. The minimum Gasteiger partial charge on any atom is -0.279 e. The Morgan fingerprint density at radius 1 is 0.875 bits per heavy atom. The van der Waals surface area contributed by atoms with Crippen LogP contribution < -0.4 is 4.72 Å². The van der Waals surface area contributed by atoms with Gasteiger partial charge in [0.15, 0.2) is 0 Å². The van der Waals surface area contributed by atoms with Gasteiger partial charge < -0.3 is 0 Å². The van der Waals surface area contributed by atoms with E-state index in [1.54, 1.807) is 0 Å². The lowest BCUT2D eigenvalue weighted by Crippen LogP contribution is -2.13. The van der Waals surface area contributed by atoms with Crippen molar-refractivity contribution in [3.05, 3.63) is 68.3 Å². The molecule has 0 radical (unpaired) electrons. The van der Waals surface area contributed by atoms with Crippen LogP contribution in [0.3, 0.4) is 0 Å². The number of sulfonamides is 1. The normalized spacial score (nSPS) is 11.1. The first-order chi connectivity index (χ1) is 11.1. The SMILES string of the molecule is O=[N+]([O-])c1cc(NS(=O)(=O)c2ccc(F)c([N+](=O)[O-])c2)ccc1F. The molecule has 1 N–H and O–H groups in total. The van der Waals surface area contributed by atoms with Gasteiger partial charge in [-0.2, -0.15) is 8.78 Å². The highest BCUT2D eigenvalue weighted by atomic mass is 32.2. The number of hydrogen-bond acceptors (Lipinski definition) is 6. The first kappa shape index (κ1) is 17.2. The molecule has 0 bridgehead atoms. The fourth-order valence-electron chi connectivity index (χ4n) is 1.73. The van der Waals surface area contributed by atoms with E-state index >= 15 is 0 Å². The van der Waals surface area contributed by atoms with Crippen molar-refractivity contribution in [3.63, 3.8) is 0 Å². The number of nitro groups is 2. The minimum absolute atomic E-state index is 0.338. The third-order valence-electron chi connectivity index (χ3n) is 2.82. The number of halogens is 2. The molecule has 2 aromatic carbocycles. The number of nitrogens with zero attached hydrogens (tertiary/aromatic N) is 2. The summed E-state index contributed by atoms with van der Waals surface area (Å²) in [6.07, 6.45) is 0. The molecule has 0 aliphatic heterocycles. The van der Waals surface area contributed by atoms with Gasteiger partial charge in [-0.3, -0.25) is 25.0 Å². The van der Waals surface area contributed by atoms with Crippen LogP contribution in [-0.2, 0) is 10.0 Å². The van der Waals surface area contributed by atoms with Crippen molar-refractivity contribution in [2.24, 2.45) is 0 Å². The molecule has 0 amide bonds. The maximum absolute atomic E-state index is 13.2. The van der Waals surface area contributed by atoms with E-state index in [-0.39, 0.29) is 5.69 Å². The summed E-state index contributed by atoms with van der Waals surface area (Å²) in [6.45, 7) is 0. The number of hydrogen-bond donors (Lipinski definition) is 1. The third-order valence-corrected chi connectivity index (χ3v) is 4.20. The van der Waals surface area contributed by atoms with Gasteiger partial charge in [0.2, 0.25) is 11.6 Å². The van der Waals surface area contributed by atoms with E-state index in [2.05, 4.69) is 0 Å². The molecule has 9 nitrogen and oxygen atoms in total. The van der Waals surface area contributed by atoms with Crippen LogP contribution in [0.5, 0.6) is 0 Å². The maximum atomic E-state index is 13.2. The molecule has 2 aromatic rings. The van der Waals surface area contributed by atoms with Crippen molar-refractivity contribution in [1.29, 1.82) is 0 Å². The smallest absolute Gasteiger partial charge is 0.279 e. The Bertz CT molecular complexity index is 948. The van der Waals surface area contributed by atoms with E-state index in [0.29, 0.717) is 24.3 Å². The average molecular weight is 359 g/mol. The van der Waals surface area contributed by atoms with E-state index in [4.69, 9.17) is 0 Å². The molecule has 0 aliphatic carbocycles. The monoisotopic (exact) mass is 359 g/mol. The Kier molecular flexibility index (Phi) is 4.41. The second-order valence-corrected chi connectivity index (χ2v) is 6.08. The van der Waals surface area contributed by atoms with Gasteiger partial charge >= 0.3 is 11.4 Å². The molecule has 24 heavy (non-hydrogen) atoms. The molecule has 0 aliphatic rings. The number of nitro benzene ring substituents is 2. The highest BCUT2D eigenvalue weighted by Crippen LogP contribution is 2.26. The summed E-state index contributed by atoms with van der Waals surface area (Å²) in [5.74, 6) is -2.39. The Balaban J connectivity index is 2.42. The van der Waals surface area contributed by atoms with Gasteiger partial charge in [0.25, 0.3) is 10.0 Å². The van der Waals surface area contributed by atoms with Crippen molar-refractivity contribution in [2.45, 2.75) is 4.90 Å². The van der Waals surface area contributed by atoms with Gasteiger partial charge in [0, 0.05) is 12.1 Å². The zero-order valence-corrected chi connectivity index (χ0v) is 12.3. The van der Waals surface area contributed by atoms with Crippen LogP contribution >= 0.6 is 0 Å². The number of nitrogens with one attached hydrogen (secondary N) is 1. The molecule has 0 heterocycles. The summed E-state index contributed by atoms with van der Waals surface area (Å²) in [4.78, 5) is 18.5. The van der Waals surface area contributed by atoms with Crippen LogP contribution in [0.25, 0.3) is 0 Å². The average Bonchev–Trinajstić information content (AvgIpc) is 2.48. The van der Waals surface area contributed by atoms with E-state index in [9.17, 15) is 37.4 Å². The number of anilines is 1. The molecule has 12 heteroatoms. The Morgan fingerprint density at radius 2 is 1.38 bits per heavy atom. The van der Waals surface area contributed by atoms with E-state index in [1.807, 2.05) is 4.72 Å². The molecule has 0 saturated carbocycles. The molecule has 0 unspecified atom stereocenters. The van der Waals surface area contributed by atoms with Crippen LogP contribution in [0.2, 0.25) is 0 Å². The summed E-state index contributed by atoms with van der Waals surface area (Å²) in [5, 5.41) is 21.3. The van der Waals surface area contributed by atoms with Crippen molar-refractivity contribution in [3.8, 4) is 0 Å². The Labute approximate surface area is 132 Å². The first-order valence-electron chi connectivity index (χ1n) is 6.02. The number of rotatable bonds is 5. The van der Waals surface area contributed by atoms with Crippen LogP contribution in [-0.4, -0.2) is 18.3 Å². The lowest BCUT2D eigenvalue weighted by atomic mass is 10.3. The predicted octanol–water partition coefficient (Wildman–Crippen LogP) is 2.58. The zero-order valence-electron chi connectivity index (χ0n) is 11.5. The third kappa shape index (κ3) is 3.43. The van der Waals surface area contributed by atoms with Crippen molar-refractivity contribution >= 4 is 27.1 Å². The molecule has 0 spiro atoms. The zero-order chi connectivity index (χ0) is 18.1. The van der Waals surface area contributed by atoms with Gasteiger partial charge in [0.05, 0.1) is 20.4 Å². The lowest BCUT2D eigenvalue weighted by molar-refractivity contribution is -0.387. The Morgan fingerprint density at radius 3 is 1.92 bits per heavy atom. The summed E-state index contributed by atoms with van der Waals surface area (Å²) in [6, 6.07) is 4.13. The van der Waals surface area contributed by atoms with Gasteiger partial charge in [-0.15, -0.1) is 0 Å². The topological polar surface area (TPSA) is 132 Å². The number of benzene rings is 2. The second-order valence-electron chi connectivity index (χ2n) is 4.40. The van der Waals surface area contributed by atoms with Crippen LogP contribution in [0.4, 0.5) is 25.8 Å². The molecule has 0 aromatic heterocycles. The molecular weight excluding hydrogens is 352 g/mol. The maximum Gasteiger partial charge on any atom is 0.306 e. The standard InChI is InChI=1S/C12H7F2N3O6S/c13-9-3-1-7(5-11(9)16(18)19)15-24(22,23)8-2-4-10(14)12(6-8)17(20)21/h1-6,15H. The summed E-state index contributed by atoms with van der Waals surface area (Å²) in [7, 11) is -4.41. The van der Waals surface area contributed by atoms with Gasteiger partial charge in [-0.1, -0.05) is 0 Å². The lowest BCUT2D eigenvalue weighted by Gasteiger charge is -2.08. The van der Waals surface area contributed by atoms with Crippen molar-refractivity contribution < 1.29 is 27.0 Å². The highest BCUT2D eigenvalue weighted by Gasteiger charge is 2.23. The van der Waals surface area contributed by atoms with Crippen LogP contribution in [0.15, 0.2) is 41.3 Å². The van der Waals surface area contributed by atoms with Crippen molar-refractivity contribution in [1.82, 2.24) is 0 Å². The van der Waals surface area contributed by atoms with Crippen molar-refractivity contribution in [2.75, 3.05) is 4.72 Å². The summed E-state index contributed by atoms with van der Waals surface area (Å²) >= 11 is 0. The van der Waals surface area contributed by atoms with E-state index in [0.717, 1.165) is 12.1 Å². The molecule has 0 atom stereocenters. The van der Waals surface area contributed by atoms with Crippen LogP contribution in [0.1, 0.15) is 0 Å². The molecule has 2 rings (SSSR count). The molecular formula is C12H7F2N3O6S. The largest absolute Gasteiger partial charge is 0.306 e. The summed E-state index contributed by atoms with van der Waals surface area (Å²) in [5.41, 5.74) is -2.35. The van der Waals surface area contributed by atoms with E-state index in [1.165, 1.54) is 0 Å². The van der Waals surface area contributed by atoms with E-state index < -0.39 is 47.8 Å². The first-order valence-corrected chi connectivity index (χ1v) is 7.51. The predicted molar refractivity (Wildman–Crippen MR) is 76.9 cm³/mol. The molecule has 0 saturated heterocycles. The van der Waals surface area contributed by atoms with Gasteiger partial charge in [-0.25, -0.2) is 8.42 Å². The Hall–Kier alpha value is -3.15. The quantitative estimate of drug-likeness (QED) is 0.644. The van der Waals surface area contributed by atoms with Gasteiger partial charge in [0.1, 0.15) is 0 Å². The second kappa shape index (κ2) is 6.16. The molecule has 126 valence electrons. The highest BCUT2D eigenvalue weighted by molar-refractivity contribution is 7.92. The minimum atomic E-state index is -4.41. The molecule has 0 fully saturated rings. The summed E-state index contributed by atoms with van der Waals surface area (Å²) < 4.78 is 52.6. The van der Waals surface area contributed by atoms with Crippen LogP contribution in [0, 0.1) is 31.9 Å². The fourth-order valence-corrected chi connectivity index (χ4v) is 2.80.